The Hall–Kier alpha value is -3.84. The van der Waals surface area contributed by atoms with Crippen LogP contribution in [0, 0.1) is 6.92 Å². The van der Waals surface area contributed by atoms with Crippen molar-refractivity contribution in [2.75, 3.05) is 10.6 Å². The highest BCUT2D eigenvalue weighted by Gasteiger charge is 2.10. The summed E-state index contributed by atoms with van der Waals surface area (Å²) in [6, 6.07) is 14.3. The third kappa shape index (κ3) is 4.59. The fraction of sp³-hybridized carbons (Fsp3) is 0.0455. The number of amides is 1. The Morgan fingerprint density at radius 3 is 2.67 bits per heavy atom. The molecule has 4 rings (SSSR count). The number of benzene rings is 1. The molecule has 8 heteroatoms. The first-order valence-electron chi connectivity index (χ1n) is 9.12. The molecule has 0 spiro atoms. The molecule has 0 atom stereocenters. The molecule has 148 valence electrons. The molecule has 7 nitrogen and oxygen atoms in total. The van der Waals surface area contributed by atoms with Crippen molar-refractivity contribution in [3.63, 3.8) is 0 Å². The van der Waals surface area contributed by atoms with E-state index in [1.807, 2.05) is 43.3 Å². The summed E-state index contributed by atoms with van der Waals surface area (Å²) in [5, 5.41) is 6.34. The standard InChI is InChI=1S/C22H17ClN6O/c1-14-4-5-17(27-21(30)15-6-9-25-20(23)11-15)12-19(14)29-22-26-10-7-18(28-22)16-3-2-8-24-13-16/h2-13H,1H3,(H,27,30)(H,26,28,29). The minimum atomic E-state index is -0.274. The molecule has 4 aromatic rings. The Labute approximate surface area is 178 Å². The predicted octanol–water partition coefficient (Wildman–Crippen LogP) is 4.89. The number of anilines is 3. The minimum absolute atomic E-state index is 0.263. The summed E-state index contributed by atoms with van der Waals surface area (Å²) in [4.78, 5) is 29.3. The van der Waals surface area contributed by atoms with E-state index in [-0.39, 0.29) is 11.1 Å². The predicted molar refractivity (Wildman–Crippen MR) is 117 cm³/mol. The van der Waals surface area contributed by atoms with E-state index < -0.39 is 0 Å². The Morgan fingerprint density at radius 2 is 1.87 bits per heavy atom. The lowest BCUT2D eigenvalue weighted by molar-refractivity contribution is 0.102. The zero-order chi connectivity index (χ0) is 20.9. The molecule has 1 aromatic carbocycles. The number of rotatable bonds is 5. The Bertz CT molecular complexity index is 1200. The molecule has 30 heavy (non-hydrogen) atoms. The summed E-state index contributed by atoms with van der Waals surface area (Å²) >= 11 is 5.87. The number of aromatic nitrogens is 4. The quantitative estimate of drug-likeness (QED) is 0.450. The molecule has 0 saturated carbocycles. The highest BCUT2D eigenvalue weighted by atomic mass is 35.5. The maximum absolute atomic E-state index is 12.5. The van der Waals surface area contributed by atoms with Gasteiger partial charge in [-0.2, -0.15) is 0 Å². The summed E-state index contributed by atoms with van der Waals surface area (Å²) in [7, 11) is 0. The zero-order valence-corrected chi connectivity index (χ0v) is 16.8. The van der Waals surface area contributed by atoms with Crippen molar-refractivity contribution in [2.24, 2.45) is 0 Å². The number of hydrogen-bond acceptors (Lipinski definition) is 6. The molecule has 0 aliphatic heterocycles. The van der Waals surface area contributed by atoms with Crippen LogP contribution in [0.2, 0.25) is 5.15 Å². The summed E-state index contributed by atoms with van der Waals surface area (Å²) in [6.07, 6.45) is 6.64. The molecule has 3 heterocycles. The van der Waals surface area contributed by atoms with Crippen LogP contribution in [-0.4, -0.2) is 25.8 Å². The van der Waals surface area contributed by atoms with Gasteiger partial charge in [0.2, 0.25) is 5.95 Å². The maximum Gasteiger partial charge on any atom is 0.255 e. The molecule has 2 N–H and O–H groups in total. The number of nitrogens with one attached hydrogen (secondary N) is 2. The van der Waals surface area contributed by atoms with Gasteiger partial charge < -0.3 is 10.6 Å². The minimum Gasteiger partial charge on any atom is -0.324 e. The molecule has 0 radical (unpaired) electrons. The molecule has 0 saturated heterocycles. The number of pyridine rings is 2. The molecule has 0 bridgehead atoms. The van der Waals surface area contributed by atoms with E-state index in [1.165, 1.54) is 12.3 Å². The number of nitrogens with zero attached hydrogens (tertiary/aromatic N) is 4. The molecule has 0 unspecified atom stereocenters. The van der Waals surface area contributed by atoms with E-state index in [0.29, 0.717) is 17.2 Å². The Kier molecular flexibility index (Phi) is 5.63. The van der Waals surface area contributed by atoms with Crippen molar-refractivity contribution in [1.29, 1.82) is 0 Å². The van der Waals surface area contributed by atoms with Crippen LogP contribution in [0.15, 0.2) is 73.3 Å². The van der Waals surface area contributed by atoms with E-state index in [2.05, 4.69) is 30.6 Å². The highest BCUT2D eigenvalue weighted by molar-refractivity contribution is 6.29. The number of halogens is 1. The third-order valence-corrected chi connectivity index (χ3v) is 4.55. The van der Waals surface area contributed by atoms with Crippen molar-refractivity contribution >= 4 is 34.8 Å². The van der Waals surface area contributed by atoms with Crippen LogP contribution in [0.5, 0.6) is 0 Å². The van der Waals surface area contributed by atoms with Crippen molar-refractivity contribution in [3.8, 4) is 11.3 Å². The highest BCUT2D eigenvalue weighted by Crippen LogP contribution is 2.24. The van der Waals surface area contributed by atoms with Crippen molar-refractivity contribution in [1.82, 2.24) is 19.9 Å². The number of carbonyl (C=O) groups excluding carboxylic acids is 1. The van der Waals surface area contributed by atoms with Crippen LogP contribution < -0.4 is 10.6 Å². The van der Waals surface area contributed by atoms with Crippen LogP contribution in [0.3, 0.4) is 0 Å². The van der Waals surface area contributed by atoms with Crippen LogP contribution in [0.25, 0.3) is 11.3 Å². The average Bonchev–Trinajstić information content (AvgIpc) is 2.77. The van der Waals surface area contributed by atoms with Gasteiger partial charge in [0, 0.05) is 47.3 Å². The third-order valence-electron chi connectivity index (χ3n) is 4.34. The summed E-state index contributed by atoms with van der Waals surface area (Å²) < 4.78 is 0. The molecule has 1 amide bonds. The Balaban J connectivity index is 1.55. The lowest BCUT2D eigenvalue weighted by Gasteiger charge is -2.12. The molecular weight excluding hydrogens is 400 g/mol. The zero-order valence-electron chi connectivity index (χ0n) is 16.0. The van der Waals surface area contributed by atoms with Crippen molar-refractivity contribution < 1.29 is 4.79 Å². The fourth-order valence-electron chi connectivity index (χ4n) is 2.80. The Morgan fingerprint density at radius 1 is 1.00 bits per heavy atom. The summed E-state index contributed by atoms with van der Waals surface area (Å²) in [6.45, 7) is 1.96. The molecule has 3 aromatic heterocycles. The normalized spacial score (nSPS) is 10.5. The number of aryl methyl sites for hydroxylation is 1. The second kappa shape index (κ2) is 8.67. The van der Waals surface area contributed by atoms with Gasteiger partial charge >= 0.3 is 0 Å². The number of carbonyl (C=O) groups is 1. The van der Waals surface area contributed by atoms with Crippen LogP contribution in [0.1, 0.15) is 15.9 Å². The topological polar surface area (TPSA) is 92.7 Å². The van der Waals surface area contributed by atoms with Gasteiger partial charge in [0.1, 0.15) is 5.15 Å². The van der Waals surface area contributed by atoms with E-state index in [9.17, 15) is 4.79 Å². The lowest BCUT2D eigenvalue weighted by Crippen LogP contribution is -2.12. The van der Waals surface area contributed by atoms with Crippen LogP contribution >= 0.6 is 11.6 Å². The monoisotopic (exact) mass is 416 g/mol. The molecule has 0 fully saturated rings. The van der Waals surface area contributed by atoms with E-state index in [4.69, 9.17) is 11.6 Å². The lowest BCUT2D eigenvalue weighted by atomic mass is 10.1. The van der Waals surface area contributed by atoms with Gasteiger partial charge in [0.05, 0.1) is 5.69 Å². The molecule has 0 aliphatic rings. The first-order chi connectivity index (χ1) is 14.6. The van der Waals surface area contributed by atoms with Crippen LogP contribution in [-0.2, 0) is 0 Å². The van der Waals surface area contributed by atoms with Gasteiger partial charge in [-0.3, -0.25) is 9.78 Å². The van der Waals surface area contributed by atoms with E-state index in [0.717, 1.165) is 22.5 Å². The van der Waals surface area contributed by atoms with Crippen molar-refractivity contribution in [2.45, 2.75) is 6.92 Å². The van der Waals surface area contributed by atoms with Gasteiger partial charge in [-0.15, -0.1) is 0 Å². The van der Waals surface area contributed by atoms with Gasteiger partial charge in [-0.05, 0) is 55.0 Å². The van der Waals surface area contributed by atoms with Gasteiger partial charge in [0.15, 0.2) is 0 Å². The summed E-state index contributed by atoms with van der Waals surface area (Å²) in [5.41, 5.74) is 4.48. The van der Waals surface area contributed by atoms with Crippen molar-refractivity contribution in [3.05, 3.63) is 89.6 Å². The van der Waals surface area contributed by atoms with Gasteiger partial charge in [-0.1, -0.05) is 17.7 Å². The second-order valence-electron chi connectivity index (χ2n) is 6.48. The van der Waals surface area contributed by atoms with Gasteiger partial charge in [0.25, 0.3) is 5.91 Å². The first-order valence-corrected chi connectivity index (χ1v) is 9.50. The van der Waals surface area contributed by atoms with E-state index in [1.54, 1.807) is 24.7 Å². The second-order valence-corrected chi connectivity index (χ2v) is 6.87. The van der Waals surface area contributed by atoms with Crippen LogP contribution in [0.4, 0.5) is 17.3 Å². The first kappa shape index (κ1) is 19.5. The maximum atomic E-state index is 12.5. The van der Waals surface area contributed by atoms with Gasteiger partial charge in [-0.25, -0.2) is 15.0 Å². The molecular formula is C22H17ClN6O. The molecule has 0 aliphatic carbocycles. The summed E-state index contributed by atoms with van der Waals surface area (Å²) in [5.74, 6) is 0.174. The largest absolute Gasteiger partial charge is 0.324 e. The van der Waals surface area contributed by atoms with E-state index >= 15 is 0 Å². The smallest absolute Gasteiger partial charge is 0.255 e. The fourth-order valence-corrected chi connectivity index (χ4v) is 2.97. The average molecular weight is 417 g/mol. The number of hydrogen-bond donors (Lipinski definition) is 2. The SMILES string of the molecule is Cc1ccc(NC(=O)c2ccnc(Cl)c2)cc1Nc1nccc(-c2cccnc2)n1.